The first-order valence-corrected chi connectivity index (χ1v) is 10.3. The van der Waals surface area contributed by atoms with Gasteiger partial charge in [-0.3, -0.25) is 9.59 Å². The Balaban J connectivity index is 1.37. The first kappa shape index (κ1) is 19.4. The third-order valence-electron chi connectivity index (χ3n) is 4.10. The molecule has 1 aromatic carbocycles. The first-order chi connectivity index (χ1) is 14.1. The first-order valence-electron chi connectivity index (χ1n) is 8.94. The van der Waals surface area contributed by atoms with Gasteiger partial charge >= 0.3 is 0 Å². The molecular weight excluding hydrogens is 412 g/mol. The number of benzene rings is 1. The van der Waals surface area contributed by atoms with E-state index in [0.29, 0.717) is 27.2 Å². The van der Waals surface area contributed by atoms with Gasteiger partial charge in [-0.25, -0.2) is 14.6 Å². The van der Waals surface area contributed by atoms with E-state index in [-0.39, 0.29) is 23.6 Å². The molecule has 0 saturated heterocycles. The third-order valence-corrected chi connectivity index (χ3v) is 5.35. The quantitative estimate of drug-likeness (QED) is 0.443. The largest absolute Gasteiger partial charge is 0.348 e. The lowest BCUT2D eigenvalue weighted by molar-refractivity contribution is -0.113. The Kier molecular flexibility index (Phi) is 5.77. The summed E-state index contributed by atoms with van der Waals surface area (Å²) in [5.74, 6) is 0.294. The highest BCUT2D eigenvalue weighted by atomic mass is 35.5. The van der Waals surface area contributed by atoms with Gasteiger partial charge < -0.3 is 10.6 Å². The maximum atomic E-state index is 12.2. The number of nitrogens with zero attached hydrogens (tertiary/aromatic N) is 4. The number of aromatic nitrogens is 4. The maximum Gasteiger partial charge on any atom is 0.272 e. The molecule has 2 amide bonds. The van der Waals surface area contributed by atoms with Crippen LogP contribution in [0.25, 0.3) is 5.82 Å². The van der Waals surface area contributed by atoms with Crippen molar-refractivity contribution < 1.29 is 9.59 Å². The summed E-state index contributed by atoms with van der Waals surface area (Å²) < 4.78 is 1.51. The molecule has 8 nitrogen and oxygen atoms in total. The molecule has 0 unspecified atom stereocenters. The molecule has 1 aliphatic rings. The summed E-state index contributed by atoms with van der Waals surface area (Å²) in [4.78, 5) is 32.6. The molecule has 0 atom stereocenters. The molecule has 2 aromatic heterocycles. The van der Waals surface area contributed by atoms with Crippen molar-refractivity contribution in [2.45, 2.75) is 23.9 Å². The topological polar surface area (TPSA) is 102 Å². The van der Waals surface area contributed by atoms with E-state index in [9.17, 15) is 9.59 Å². The van der Waals surface area contributed by atoms with Crippen LogP contribution in [-0.2, 0) is 4.79 Å². The van der Waals surface area contributed by atoms with Crippen LogP contribution >= 0.6 is 23.4 Å². The van der Waals surface area contributed by atoms with Crippen LogP contribution in [0, 0.1) is 0 Å². The standard InChI is InChI=1S/C19H17ClN6O2S/c20-13-3-1-2-4-14(13)24-17(27)10-29-18-9-16(21-11-22-18)26-8-7-15(25-26)19(28)23-12-5-6-12/h1-4,7-9,11-12H,5-6,10H2,(H,23,28)(H,24,27). The number of rotatable bonds is 7. The van der Waals surface area contributed by atoms with Gasteiger partial charge in [-0.15, -0.1) is 0 Å². The van der Waals surface area contributed by atoms with Crippen molar-refractivity contribution in [2.75, 3.05) is 11.1 Å². The molecule has 0 radical (unpaired) electrons. The Morgan fingerprint density at radius 1 is 1.21 bits per heavy atom. The molecule has 148 valence electrons. The number of carbonyl (C=O) groups excluding carboxylic acids is 2. The molecule has 2 heterocycles. The van der Waals surface area contributed by atoms with E-state index in [0.717, 1.165) is 12.8 Å². The molecule has 3 aromatic rings. The van der Waals surface area contributed by atoms with E-state index >= 15 is 0 Å². The summed E-state index contributed by atoms with van der Waals surface area (Å²) in [6.45, 7) is 0. The third kappa shape index (κ3) is 5.12. The van der Waals surface area contributed by atoms with Gasteiger partial charge in [0.1, 0.15) is 11.4 Å². The van der Waals surface area contributed by atoms with E-state index in [1.807, 2.05) is 0 Å². The van der Waals surface area contributed by atoms with Crippen LogP contribution in [-0.4, -0.2) is 43.4 Å². The van der Waals surface area contributed by atoms with Crippen LogP contribution in [0.3, 0.4) is 0 Å². The van der Waals surface area contributed by atoms with Crippen LogP contribution in [0.15, 0.2) is 53.9 Å². The molecule has 29 heavy (non-hydrogen) atoms. The summed E-state index contributed by atoms with van der Waals surface area (Å²) in [7, 11) is 0. The molecular formula is C19H17ClN6O2S. The van der Waals surface area contributed by atoms with Crippen molar-refractivity contribution in [3.05, 3.63) is 59.6 Å². The molecule has 10 heteroatoms. The van der Waals surface area contributed by atoms with E-state index in [1.165, 1.54) is 22.8 Å². The van der Waals surface area contributed by atoms with Gasteiger partial charge in [0.05, 0.1) is 16.5 Å². The van der Waals surface area contributed by atoms with Crippen molar-refractivity contribution in [1.29, 1.82) is 0 Å². The van der Waals surface area contributed by atoms with Crippen LogP contribution in [0.1, 0.15) is 23.3 Å². The molecule has 0 spiro atoms. The Labute approximate surface area is 176 Å². The lowest BCUT2D eigenvalue weighted by atomic mass is 10.3. The van der Waals surface area contributed by atoms with E-state index in [4.69, 9.17) is 11.6 Å². The molecule has 1 saturated carbocycles. The smallest absolute Gasteiger partial charge is 0.272 e. The number of hydrogen-bond donors (Lipinski definition) is 2. The molecule has 4 rings (SSSR count). The van der Waals surface area contributed by atoms with E-state index in [1.54, 1.807) is 42.6 Å². The van der Waals surface area contributed by atoms with Crippen molar-refractivity contribution in [3.8, 4) is 5.82 Å². The van der Waals surface area contributed by atoms with E-state index < -0.39 is 0 Å². The Morgan fingerprint density at radius 2 is 2.03 bits per heavy atom. The minimum absolute atomic E-state index is 0.163. The van der Waals surface area contributed by atoms with Gasteiger partial charge in [0.15, 0.2) is 11.5 Å². The second kappa shape index (κ2) is 8.62. The maximum absolute atomic E-state index is 12.2. The molecule has 0 bridgehead atoms. The predicted molar refractivity (Wildman–Crippen MR) is 110 cm³/mol. The Morgan fingerprint density at radius 3 is 2.83 bits per heavy atom. The van der Waals surface area contributed by atoms with Crippen molar-refractivity contribution in [2.24, 2.45) is 0 Å². The zero-order chi connectivity index (χ0) is 20.2. The summed E-state index contributed by atoms with van der Waals surface area (Å²) in [5.41, 5.74) is 0.903. The van der Waals surface area contributed by atoms with Crippen LogP contribution in [0.2, 0.25) is 5.02 Å². The number of hydrogen-bond acceptors (Lipinski definition) is 6. The van der Waals surface area contributed by atoms with Gasteiger partial charge in [-0.05, 0) is 31.0 Å². The fourth-order valence-electron chi connectivity index (χ4n) is 2.48. The minimum Gasteiger partial charge on any atom is -0.348 e. The molecule has 1 fully saturated rings. The van der Waals surface area contributed by atoms with Gasteiger partial charge in [0.2, 0.25) is 5.91 Å². The number of nitrogens with one attached hydrogen (secondary N) is 2. The summed E-state index contributed by atoms with van der Waals surface area (Å²) in [6.07, 6.45) is 5.10. The average Bonchev–Trinajstić information content (AvgIpc) is 3.39. The average molecular weight is 429 g/mol. The number of anilines is 1. The monoisotopic (exact) mass is 428 g/mol. The predicted octanol–water partition coefficient (Wildman–Crippen LogP) is 2.94. The summed E-state index contributed by atoms with van der Waals surface area (Å²) in [6, 6.07) is 10.7. The van der Waals surface area contributed by atoms with Crippen LogP contribution < -0.4 is 10.6 Å². The molecule has 2 N–H and O–H groups in total. The Hall–Kier alpha value is -2.91. The number of thioether (sulfide) groups is 1. The lowest BCUT2D eigenvalue weighted by Crippen LogP contribution is -2.25. The lowest BCUT2D eigenvalue weighted by Gasteiger charge is -2.07. The second-order valence-corrected chi connectivity index (χ2v) is 7.83. The minimum atomic E-state index is -0.193. The number of carbonyl (C=O) groups is 2. The highest BCUT2D eigenvalue weighted by molar-refractivity contribution is 7.99. The Bertz CT molecular complexity index is 1050. The van der Waals surface area contributed by atoms with E-state index in [2.05, 4.69) is 25.7 Å². The zero-order valence-electron chi connectivity index (χ0n) is 15.2. The second-order valence-electron chi connectivity index (χ2n) is 6.42. The van der Waals surface area contributed by atoms with Crippen molar-refractivity contribution >= 4 is 40.9 Å². The van der Waals surface area contributed by atoms with Crippen molar-refractivity contribution in [1.82, 2.24) is 25.1 Å². The zero-order valence-corrected chi connectivity index (χ0v) is 16.8. The number of para-hydroxylation sites is 1. The van der Waals surface area contributed by atoms with Gasteiger partial charge in [-0.1, -0.05) is 35.5 Å². The summed E-state index contributed by atoms with van der Waals surface area (Å²) >= 11 is 7.31. The molecule has 0 aliphatic heterocycles. The fourth-order valence-corrected chi connectivity index (χ4v) is 3.33. The highest BCUT2D eigenvalue weighted by Crippen LogP contribution is 2.22. The SMILES string of the molecule is O=C(CSc1cc(-n2ccc(C(=O)NC3CC3)n2)ncn1)Nc1ccccc1Cl. The molecule has 1 aliphatic carbocycles. The van der Waals surface area contributed by atoms with Crippen LogP contribution in [0.5, 0.6) is 0 Å². The van der Waals surface area contributed by atoms with Gasteiger partial charge in [0.25, 0.3) is 5.91 Å². The number of amides is 2. The van der Waals surface area contributed by atoms with Crippen LogP contribution in [0.4, 0.5) is 5.69 Å². The normalized spacial score (nSPS) is 13.1. The summed E-state index contributed by atoms with van der Waals surface area (Å²) in [5, 5.41) is 11.0. The fraction of sp³-hybridized carbons (Fsp3) is 0.211. The number of halogens is 1. The van der Waals surface area contributed by atoms with Gasteiger partial charge in [0, 0.05) is 18.3 Å². The highest BCUT2D eigenvalue weighted by Gasteiger charge is 2.24. The van der Waals surface area contributed by atoms with Crippen molar-refractivity contribution in [3.63, 3.8) is 0 Å². The van der Waals surface area contributed by atoms with Gasteiger partial charge in [-0.2, -0.15) is 5.10 Å².